The molecule has 0 aliphatic heterocycles. The highest BCUT2D eigenvalue weighted by molar-refractivity contribution is 9.10. The van der Waals surface area contributed by atoms with E-state index in [1.165, 1.54) is 6.07 Å². The van der Waals surface area contributed by atoms with E-state index in [1.54, 1.807) is 51.1 Å². The zero-order chi connectivity index (χ0) is 38.6. The summed E-state index contributed by atoms with van der Waals surface area (Å²) in [5, 5.41) is 18.6. The third-order valence-electron chi connectivity index (χ3n) is 8.73. The average molecular weight is 817 g/mol. The number of nitrogens with zero attached hydrogens (tertiary/aromatic N) is 3. The van der Waals surface area contributed by atoms with Gasteiger partial charge in [0.25, 0.3) is 0 Å². The lowest BCUT2D eigenvalue weighted by Gasteiger charge is -2.36. The molecular formula is C40H46BrN5O5SSi. The van der Waals surface area contributed by atoms with Gasteiger partial charge in [0.1, 0.15) is 23.0 Å². The van der Waals surface area contributed by atoms with Gasteiger partial charge in [-0.1, -0.05) is 36.7 Å². The highest BCUT2D eigenvalue weighted by Gasteiger charge is 2.39. The van der Waals surface area contributed by atoms with Gasteiger partial charge in [-0.2, -0.15) is 4.36 Å². The van der Waals surface area contributed by atoms with E-state index in [0.717, 1.165) is 54.8 Å². The molecule has 3 N–H and O–H groups in total. The minimum Gasteiger partial charge on any atom is -0.543 e. The maximum Gasteiger partial charge on any atom is 0.250 e. The van der Waals surface area contributed by atoms with Gasteiger partial charge in [-0.25, -0.2) is 4.21 Å². The largest absolute Gasteiger partial charge is 0.543 e. The molecule has 0 fully saturated rings. The van der Waals surface area contributed by atoms with Crippen molar-refractivity contribution in [2.75, 3.05) is 37.4 Å². The number of anilines is 4. The molecule has 53 heavy (non-hydrogen) atoms. The van der Waals surface area contributed by atoms with Gasteiger partial charge in [0.2, 0.25) is 8.32 Å². The second-order valence-electron chi connectivity index (χ2n) is 14.3. The van der Waals surface area contributed by atoms with E-state index in [4.69, 9.17) is 13.9 Å². The van der Waals surface area contributed by atoms with Crippen LogP contribution in [-0.4, -0.2) is 54.3 Å². The monoisotopic (exact) mass is 815 g/mol. The number of pyridine rings is 2. The number of halogens is 1. The Balaban J connectivity index is 0.000000206. The molecule has 4 aromatic carbocycles. The quantitative estimate of drug-likeness (QED) is 0.122. The van der Waals surface area contributed by atoms with E-state index in [-0.39, 0.29) is 10.8 Å². The number of methoxy groups -OCH3 is 2. The summed E-state index contributed by atoms with van der Waals surface area (Å²) in [6.45, 7) is 11.2. The van der Waals surface area contributed by atoms with Gasteiger partial charge >= 0.3 is 0 Å². The first kappa shape index (κ1) is 39.4. The number of hydrogen-bond donors (Lipinski definition) is 3. The molecule has 0 unspecified atom stereocenters. The van der Waals surface area contributed by atoms with Crippen LogP contribution in [0.4, 0.5) is 28.4 Å². The van der Waals surface area contributed by atoms with E-state index in [1.807, 2.05) is 60.8 Å². The minimum atomic E-state index is -2.25. The number of rotatable bonds is 9. The van der Waals surface area contributed by atoms with Gasteiger partial charge in [0, 0.05) is 109 Å². The van der Waals surface area contributed by atoms with Crippen molar-refractivity contribution in [1.29, 1.82) is 0 Å². The predicted molar refractivity (Wildman–Crippen MR) is 225 cm³/mol. The van der Waals surface area contributed by atoms with Crippen molar-refractivity contribution in [3.05, 3.63) is 102 Å². The number of phenols is 1. The molecule has 0 bridgehead atoms. The van der Waals surface area contributed by atoms with Gasteiger partial charge in [-0.15, -0.1) is 0 Å². The number of ether oxygens (including phenoxy) is 2. The van der Waals surface area contributed by atoms with Crippen LogP contribution in [0.3, 0.4) is 0 Å². The Morgan fingerprint density at radius 3 is 1.83 bits per heavy atom. The van der Waals surface area contributed by atoms with E-state index in [2.05, 4.69) is 80.8 Å². The number of aromatic hydroxyl groups is 1. The first-order chi connectivity index (χ1) is 24.9. The van der Waals surface area contributed by atoms with Crippen LogP contribution in [0, 0.1) is 0 Å². The second kappa shape index (κ2) is 16.0. The summed E-state index contributed by atoms with van der Waals surface area (Å²) < 4.78 is 34.4. The molecule has 0 saturated carbocycles. The zero-order valence-electron chi connectivity index (χ0n) is 31.4. The number of nitrogens with one attached hydrogen (secondary N) is 2. The maximum atomic E-state index is 11.9. The summed E-state index contributed by atoms with van der Waals surface area (Å²) in [5.41, 5.74) is 5.74. The minimum absolute atomic E-state index is 0.104. The van der Waals surface area contributed by atoms with Crippen LogP contribution in [0.15, 0.2) is 106 Å². The standard InChI is InChI=1S/C22H27BrN2O2Si.C18H19N3O3S/c1-22(2,3)28(5,6)27-18-13-16(12-17(14-18)26-4)25-21-9-10-24-20-8-7-15(23)11-19(20)21;1-24-15-9-13(8-14(22)11-15)20-18-6-7-19-17-5-4-12(10-16(17)18)21-25(2,3)23/h7-14H,1-6H3,(H,24,25);4-11,22H,1-3H3,(H,19,20). The molecule has 0 aliphatic rings. The lowest BCUT2D eigenvalue weighted by atomic mass is 10.1. The Morgan fingerprint density at radius 1 is 0.736 bits per heavy atom. The Hall–Kier alpha value is -4.85. The molecule has 0 aliphatic carbocycles. The topological polar surface area (TPSA) is 127 Å². The smallest absolute Gasteiger partial charge is 0.250 e. The molecular weight excluding hydrogens is 771 g/mol. The summed E-state index contributed by atoms with van der Waals surface area (Å²) in [6.07, 6.45) is 6.70. The third kappa shape index (κ3) is 10.4. The SMILES string of the molecule is COc1cc(Nc2ccnc3ccc(Br)cc23)cc(O[Si](C)(C)C(C)(C)C)c1.COc1cc(O)cc(Nc2ccnc3ccc(N=S(C)(C)=O)cc23)c1. The van der Waals surface area contributed by atoms with E-state index < -0.39 is 18.0 Å². The molecule has 6 rings (SSSR count). The van der Waals surface area contributed by atoms with Crippen molar-refractivity contribution in [1.82, 2.24) is 9.97 Å². The van der Waals surface area contributed by atoms with Crippen molar-refractivity contribution in [2.45, 2.75) is 38.9 Å². The molecule has 0 saturated heterocycles. The Bertz CT molecular complexity index is 2380. The van der Waals surface area contributed by atoms with Crippen molar-refractivity contribution in [2.24, 2.45) is 4.36 Å². The van der Waals surface area contributed by atoms with E-state index >= 15 is 0 Å². The normalized spacial score (nSPS) is 11.7. The number of fused-ring (bicyclic) bond motifs is 2. The van der Waals surface area contributed by atoms with Crippen LogP contribution in [0.1, 0.15) is 20.8 Å². The van der Waals surface area contributed by atoms with Crippen LogP contribution >= 0.6 is 15.9 Å². The average Bonchev–Trinajstić information content (AvgIpc) is 3.07. The van der Waals surface area contributed by atoms with Crippen LogP contribution in [0.5, 0.6) is 23.0 Å². The maximum absolute atomic E-state index is 11.9. The Labute approximate surface area is 321 Å². The van der Waals surface area contributed by atoms with Gasteiger partial charge < -0.3 is 29.6 Å². The van der Waals surface area contributed by atoms with Crippen LogP contribution in [-0.2, 0) is 9.73 Å². The predicted octanol–water partition coefficient (Wildman–Crippen LogP) is 11.2. The van der Waals surface area contributed by atoms with Gasteiger partial charge in [0.05, 0.1) is 30.9 Å². The number of benzene rings is 4. The number of aromatic nitrogens is 2. The summed E-state index contributed by atoms with van der Waals surface area (Å²) in [6, 6.07) is 26.2. The Kier molecular flexibility index (Phi) is 11.9. The molecule has 0 spiro atoms. The summed E-state index contributed by atoms with van der Waals surface area (Å²) in [5.74, 6) is 2.24. The number of phenolic OH excluding ortho intramolecular Hbond substituents is 1. The fourth-order valence-electron chi connectivity index (χ4n) is 5.13. The van der Waals surface area contributed by atoms with Crippen LogP contribution < -0.4 is 24.5 Å². The molecule has 2 heterocycles. The van der Waals surface area contributed by atoms with Gasteiger partial charge in [-0.3, -0.25) is 9.97 Å². The lowest BCUT2D eigenvalue weighted by Crippen LogP contribution is -2.43. The first-order valence-corrected chi connectivity index (χ1v) is 22.9. The number of hydrogen-bond acceptors (Lipinski definition) is 10. The van der Waals surface area contributed by atoms with Crippen molar-refractivity contribution in [3.63, 3.8) is 0 Å². The molecule has 2 aromatic heterocycles. The van der Waals surface area contributed by atoms with Gasteiger partial charge in [-0.05, 0) is 66.7 Å². The summed E-state index contributed by atoms with van der Waals surface area (Å²) in [7, 11) is -0.977. The molecule has 278 valence electrons. The Morgan fingerprint density at radius 2 is 1.26 bits per heavy atom. The fraction of sp³-hybridized carbons (Fsp3) is 0.250. The molecule has 13 heteroatoms. The van der Waals surface area contributed by atoms with E-state index in [9.17, 15) is 9.32 Å². The molecule has 0 atom stereocenters. The van der Waals surface area contributed by atoms with E-state index in [0.29, 0.717) is 17.1 Å². The summed E-state index contributed by atoms with van der Waals surface area (Å²) >= 11 is 3.55. The van der Waals surface area contributed by atoms with Crippen molar-refractivity contribution < 1.29 is 23.2 Å². The fourth-order valence-corrected chi connectivity index (χ4v) is 7.13. The second-order valence-corrected chi connectivity index (χ2v) is 22.5. The molecule has 10 nitrogen and oxygen atoms in total. The first-order valence-electron chi connectivity index (χ1n) is 16.8. The molecule has 6 aromatic rings. The van der Waals surface area contributed by atoms with Crippen LogP contribution in [0.25, 0.3) is 21.8 Å². The summed E-state index contributed by atoms with van der Waals surface area (Å²) in [4.78, 5) is 8.79. The molecule has 0 radical (unpaired) electrons. The van der Waals surface area contributed by atoms with Crippen LogP contribution in [0.2, 0.25) is 18.1 Å². The van der Waals surface area contributed by atoms with Gasteiger partial charge in [0.15, 0.2) is 0 Å². The highest BCUT2D eigenvalue weighted by Crippen LogP contribution is 2.40. The van der Waals surface area contributed by atoms with Crippen molar-refractivity contribution in [3.8, 4) is 23.0 Å². The van der Waals surface area contributed by atoms with Crippen molar-refractivity contribution >= 4 is 84.2 Å². The highest BCUT2D eigenvalue weighted by atomic mass is 79.9. The third-order valence-corrected chi connectivity index (χ3v) is 14.2. The lowest BCUT2D eigenvalue weighted by molar-refractivity contribution is 0.408. The molecule has 0 amide bonds. The zero-order valence-corrected chi connectivity index (χ0v) is 34.8.